The van der Waals surface area contributed by atoms with Gasteiger partial charge in [0, 0.05) is 38.9 Å². The minimum Gasteiger partial charge on any atom is -0.378 e. The van der Waals surface area contributed by atoms with Crippen molar-refractivity contribution in [2.24, 2.45) is 12.8 Å². The van der Waals surface area contributed by atoms with Gasteiger partial charge in [0.25, 0.3) is 0 Å². The molecule has 1 aliphatic heterocycles. The lowest BCUT2D eigenvalue weighted by molar-refractivity contribution is 0.0457. The van der Waals surface area contributed by atoms with Gasteiger partial charge in [-0.1, -0.05) is 0 Å². The molecule has 2 N–H and O–H groups in total. The molecule has 5 heteroatoms. The summed E-state index contributed by atoms with van der Waals surface area (Å²) < 4.78 is 7.64. The highest BCUT2D eigenvalue weighted by atomic mass is 16.5. The van der Waals surface area contributed by atoms with Crippen LogP contribution in [0, 0.1) is 6.92 Å². The maximum atomic E-state index is 5.84. The molecular formula is C13H24N4O. The van der Waals surface area contributed by atoms with E-state index in [2.05, 4.69) is 16.9 Å². The van der Waals surface area contributed by atoms with Crippen molar-refractivity contribution in [1.82, 2.24) is 9.78 Å². The zero-order valence-corrected chi connectivity index (χ0v) is 11.6. The van der Waals surface area contributed by atoms with Crippen LogP contribution < -0.4 is 10.6 Å². The number of anilines is 1. The zero-order valence-electron chi connectivity index (χ0n) is 11.6. The summed E-state index contributed by atoms with van der Waals surface area (Å²) >= 11 is 0. The third-order valence-electron chi connectivity index (χ3n) is 3.66. The molecule has 0 atom stereocenters. The average molecular weight is 252 g/mol. The molecule has 2 rings (SSSR count). The quantitative estimate of drug-likeness (QED) is 0.874. The second kappa shape index (κ2) is 5.71. The topological polar surface area (TPSA) is 56.3 Å². The van der Waals surface area contributed by atoms with E-state index in [0.717, 1.165) is 38.2 Å². The second-order valence-electron chi connectivity index (χ2n) is 4.86. The molecule has 1 aliphatic rings. The summed E-state index contributed by atoms with van der Waals surface area (Å²) in [5.74, 6) is 1.19. The van der Waals surface area contributed by atoms with Gasteiger partial charge in [0.1, 0.15) is 5.82 Å². The number of ether oxygens (including phenoxy) is 1. The first kappa shape index (κ1) is 13.4. The Kier molecular flexibility index (Phi) is 4.24. The normalized spacial score (nSPS) is 17.4. The van der Waals surface area contributed by atoms with Gasteiger partial charge in [-0.3, -0.25) is 4.68 Å². The van der Waals surface area contributed by atoms with Crippen LogP contribution in [0.4, 0.5) is 5.82 Å². The van der Waals surface area contributed by atoms with Crippen molar-refractivity contribution < 1.29 is 4.74 Å². The highest BCUT2D eigenvalue weighted by Crippen LogP contribution is 2.26. The third kappa shape index (κ3) is 2.52. The van der Waals surface area contributed by atoms with Crippen LogP contribution in [0.3, 0.4) is 0 Å². The smallest absolute Gasteiger partial charge is 0.131 e. The molecule has 0 radical (unpaired) electrons. The van der Waals surface area contributed by atoms with E-state index in [1.54, 1.807) is 0 Å². The molecule has 18 heavy (non-hydrogen) atoms. The number of hydrogen-bond acceptors (Lipinski definition) is 4. The summed E-state index contributed by atoms with van der Waals surface area (Å²) in [7, 11) is 2.00. The fraction of sp³-hybridized carbons (Fsp3) is 0.769. The number of nitrogens with zero attached hydrogens (tertiary/aromatic N) is 3. The van der Waals surface area contributed by atoms with Crippen LogP contribution in [0.1, 0.15) is 31.0 Å². The zero-order chi connectivity index (χ0) is 13.1. The summed E-state index contributed by atoms with van der Waals surface area (Å²) in [6.07, 6.45) is 2.59. The first-order valence-corrected chi connectivity index (χ1v) is 6.76. The Morgan fingerprint density at radius 2 is 2.06 bits per heavy atom. The van der Waals surface area contributed by atoms with Crippen LogP contribution in [0.25, 0.3) is 0 Å². The molecule has 0 spiro atoms. The van der Waals surface area contributed by atoms with Crippen LogP contribution in [-0.4, -0.2) is 35.6 Å². The first-order chi connectivity index (χ1) is 8.67. The fourth-order valence-corrected chi connectivity index (χ4v) is 2.79. The Morgan fingerprint density at radius 3 is 2.61 bits per heavy atom. The van der Waals surface area contributed by atoms with Crippen molar-refractivity contribution in [3.8, 4) is 0 Å². The van der Waals surface area contributed by atoms with Gasteiger partial charge in [0.05, 0.1) is 11.8 Å². The van der Waals surface area contributed by atoms with Gasteiger partial charge in [-0.15, -0.1) is 0 Å². The Bertz CT molecular complexity index is 394. The molecule has 1 aromatic heterocycles. The van der Waals surface area contributed by atoms with E-state index in [4.69, 9.17) is 10.5 Å². The van der Waals surface area contributed by atoms with E-state index in [0.29, 0.717) is 12.6 Å². The maximum Gasteiger partial charge on any atom is 0.131 e. The molecule has 1 aromatic rings. The molecule has 0 unspecified atom stereocenters. The lowest BCUT2D eigenvalue weighted by atomic mass is 10.1. The summed E-state index contributed by atoms with van der Waals surface area (Å²) in [5, 5.41) is 4.48. The molecule has 1 fully saturated rings. The highest BCUT2D eigenvalue weighted by Gasteiger charge is 2.24. The molecule has 102 valence electrons. The first-order valence-electron chi connectivity index (χ1n) is 6.76. The Hall–Kier alpha value is -1.07. The number of nitrogens with two attached hydrogens (primary N) is 1. The number of hydrogen-bond donors (Lipinski definition) is 1. The van der Waals surface area contributed by atoms with Crippen LogP contribution >= 0.6 is 0 Å². The Labute approximate surface area is 109 Å². The molecule has 1 saturated heterocycles. The van der Waals surface area contributed by atoms with Gasteiger partial charge in [-0.2, -0.15) is 5.10 Å². The predicted octanol–water partition coefficient (Wildman–Crippen LogP) is 1.19. The summed E-state index contributed by atoms with van der Waals surface area (Å²) in [6, 6.07) is 0. The molecule has 0 aromatic carbocycles. The molecule has 5 nitrogen and oxygen atoms in total. The fourth-order valence-electron chi connectivity index (χ4n) is 2.79. The lowest BCUT2D eigenvalue weighted by Gasteiger charge is -2.33. The Balaban J connectivity index is 2.09. The minimum absolute atomic E-state index is 0.418. The van der Waals surface area contributed by atoms with Crippen LogP contribution in [0.15, 0.2) is 0 Å². The van der Waals surface area contributed by atoms with Crippen molar-refractivity contribution >= 4 is 5.82 Å². The van der Waals surface area contributed by atoms with Crippen LogP contribution in [0.5, 0.6) is 0 Å². The van der Waals surface area contributed by atoms with Gasteiger partial charge >= 0.3 is 0 Å². The summed E-state index contributed by atoms with van der Waals surface area (Å²) in [5.41, 5.74) is 8.06. The number of aromatic nitrogens is 2. The maximum absolute atomic E-state index is 5.84. The van der Waals surface area contributed by atoms with Crippen LogP contribution in [-0.2, 0) is 18.3 Å². The predicted molar refractivity (Wildman–Crippen MR) is 72.7 cm³/mol. The summed E-state index contributed by atoms with van der Waals surface area (Å²) in [6.45, 7) is 7.50. The van der Waals surface area contributed by atoms with Gasteiger partial charge in [0.2, 0.25) is 0 Å². The molecule has 0 bridgehead atoms. The summed E-state index contributed by atoms with van der Waals surface area (Å²) in [4.78, 5) is 2.39. The van der Waals surface area contributed by atoms with Crippen molar-refractivity contribution in [3.05, 3.63) is 11.3 Å². The van der Waals surface area contributed by atoms with E-state index in [1.807, 2.05) is 18.7 Å². The molecule has 0 aliphatic carbocycles. The molecule has 2 heterocycles. The van der Waals surface area contributed by atoms with E-state index < -0.39 is 0 Å². The van der Waals surface area contributed by atoms with E-state index in [1.165, 1.54) is 11.4 Å². The van der Waals surface area contributed by atoms with Crippen molar-refractivity contribution in [3.63, 3.8) is 0 Å². The monoisotopic (exact) mass is 252 g/mol. The molecular weight excluding hydrogens is 228 g/mol. The second-order valence-corrected chi connectivity index (χ2v) is 4.86. The van der Waals surface area contributed by atoms with Gasteiger partial charge in [-0.25, -0.2) is 0 Å². The average Bonchev–Trinajstić information content (AvgIpc) is 2.65. The highest BCUT2D eigenvalue weighted by molar-refractivity contribution is 5.50. The van der Waals surface area contributed by atoms with Crippen molar-refractivity contribution in [1.29, 1.82) is 0 Å². The minimum atomic E-state index is 0.418. The number of rotatable bonds is 4. The Morgan fingerprint density at radius 1 is 1.39 bits per heavy atom. The number of aryl methyl sites for hydroxylation is 2. The number of piperidine rings is 1. The standard InChI is InChI=1S/C13H24N4O/c1-4-18-11-5-7-17(8-6-11)13-12(9-14)10(2)15-16(13)3/h11H,4-9,14H2,1-3H3. The molecule has 0 amide bonds. The van der Waals surface area contributed by atoms with E-state index >= 15 is 0 Å². The SMILES string of the molecule is CCOC1CCN(c2c(CN)c(C)nn2C)CC1. The van der Waals surface area contributed by atoms with Gasteiger partial charge in [-0.05, 0) is 26.7 Å². The largest absolute Gasteiger partial charge is 0.378 e. The van der Waals surface area contributed by atoms with Crippen LogP contribution in [0.2, 0.25) is 0 Å². The lowest BCUT2D eigenvalue weighted by Crippen LogP contribution is -2.38. The molecule has 0 saturated carbocycles. The van der Waals surface area contributed by atoms with Crippen molar-refractivity contribution in [2.45, 2.75) is 39.3 Å². The van der Waals surface area contributed by atoms with E-state index in [-0.39, 0.29) is 0 Å². The van der Waals surface area contributed by atoms with Gasteiger partial charge in [0.15, 0.2) is 0 Å². The van der Waals surface area contributed by atoms with Gasteiger partial charge < -0.3 is 15.4 Å². The van der Waals surface area contributed by atoms with E-state index in [9.17, 15) is 0 Å². The van der Waals surface area contributed by atoms with Crippen molar-refractivity contribution in [2.75, 3.05) is 24.6 Å². The third-order valence-corrected chi connectivity index (χ3v) is 3.66.